The maximum atomic E-state index is 5.52. The minimum atomic E-state index is 0.448. The second-order valence-corrected chi connectivity index (χ2v) is 4.47. The average Bonchev–Trinajstić information content (AvgIpc) is 2.85. The van der Waals surface area contributed by atoms with E-state index in [2.05, 4.69) is 23.7 Å². The third-order valence-corrected chi connectivity index (χ3v) is 3.06. The molecule has 2 N–H and O–H groups in total. The summed E-state index contributed by atoms with van der Waals surface area (Å²) in [5, 5.41) is 0. The van der Waals surface area contributed by atoms with Crippen LogP contribution in [0, 0.1) is 5.92 Å². The molecule has 1 saturated heterocycles. The van der Waals surface area contributed by atoms with Crippen molar-refractivity contribution >= 4 is 6.01 Å². The number of oxazole rings is 1. The molecule has 1 aliphatic rings. The van der Waals surface area contributed by atoms with Crippen LogP contribution in [-0.2, 0) is 6.54 Å². The van der Waals surface area contributed by atoms with Crippen LogP contribution in [0.3, 0.4) is 0 Å². The van der Waals surface area contributed by atoms with Gasteiger partial charge in [-0.15, -0.1) is 0 Å². The summed E-state index contributed by atoms with van der Waals surface area (Å²) in [4.78, 5) is 6.65. The molecule has 4 nitrogen and oxygen atoms in total. The predicted molar refractivity (Wildman–Crippen MR) is 59.6 cm³/mol. The lowest BCUT2D eigenvalue weighted by Gasteiger charge is -2.25. The van der Waals surface area contributed by atoms with Gasteiger partial charge in [0.15, 0.2) is 0 Å². The first-order valence-electron chi connectivity index (χ1n) is 5.63. The number of rotatable bonds is 3. The molecule has 1 fully saturated rings. The molecular weight excluding hydrogens is 190 g/mol. The number of hydrogen-bond donors (Lipinski definition) is 1. The summed E-state index contributed by atoms with van der Waals surface area (Å²) >= 11 is 0. The number of hydrogen-bond acceptors (Lipinski definition) is 4. The highest BCUT2D eigenvalue weighted by Gasteiger charge is 2.29. The molecule has 1 aromatic rings. The van der Waals surface area contributed by atoms with Gasteiger partial charge in [-0.3, -0.25) is 0 Å². The van der Waals surface area contributed by atoms with Crippen LogP contribution < -0.4 is 10.6 Å². The summed E-state index contributed by atoms with van der Waals surface area (Å²) in [6, 6.07) is 1.31. The first kappa shape index (κ1) is 10.5. The molecule has 0 aliphatic carbocycles. The van der Waals surface area contributed by atoms with E-state index in [0.717, 1.165) is 18.3 Å². The lowest BCUT2D eigenvalue weighted by molar-refractivity contribution is 0.453. The van der Waals surface area contributed by atoms with Crippen molar-refractivity contribution in [2.24, 2.45) is 11.7 Å². The number of anilines is 1. The topological polar surface area (TPSA) is 55.3 Å². The fraction of sp³-hybridized carbons (Fsp3) is 0.727. The largest absolute Gasteiger partial charge is 0.432 e. The number of aromatic nitrogens is 1. The van der Waals surface area contributed by atoms with Gasteiger partial charge in [-0.25, -0.2) is 0 Å². The van der Waals surface area contributed by atoms with Crippen LogP contribution in [0.4, 0.5) is 6.01 Å². The van der Waals surface area contributed by atoms with Gasteiger partial charge in [-0.1, -0.05) is 13.8 Å². The third kappa shape index (κ3) is 2.00. The zero-order valence-corrected chi connectivity index (χ0v) is 9.44. The highest BCUT2D eigenvalue weighted by molar-refractivity contribution is 5.31. The minimum absolute atomic E-state index is 0.448. The van der Waals surface area contributed by atoms with Crippen molar-refractivity contribution in [1.29, 1.82) is 0 Å². The zero-order valence-electron chi connectivity index (χ0n) is 9.44. The van der Waals surface area contributed by atoms with Gasteiger partial charge in [0.1, 0.15) is 6.26 Å². The van der Waals surface area contributed by atoms with Gasteiger partial charge in [-0.2, -0.15) is 4.98 Å². The smallest absolute Gasteiger partial charge is 0.297 e. The third-order valence-electron chi connectivity index (χ3n) is 3.06. The Balaban J connectivity index is 2.15. The van der Waals surface area contributed by atoms with Crippen molar-refractivity contribution in [3.63, 3.8) is 0 Å². The van der Waals surface area contributed by atoms with Gasteiger partial charge in [-0.05, 0) is 18.8 Å². The maximum Gasteiger partial charge on any atom is 0.297 e. The van der Waals surface area contributed by atoms with Crippen molar-refractivity contribution in [1.82, 2.24) is 4.98 Å². The van der Waals surface area contributed by atoms with Crippen LogP contribution in [-0.4, -0.2) is 17.6 Å². The molecule has 0 bridgehead atoms. The van der Waals surface area contributed by atoms with Crippen LogP contribution in [0.25, 0.3) is 0 Å². The highest BCUT2D eigenvalue weighted by Crippen LogP contribution is 2.28. The molecule has 1 aromatic heterocycles. The van der Waals surface area contributed by atoms with Crippen LogP contribution in [0.5, 0.6) is 0 Å². The summed E-state index contributed by atoms with van der Waals surface area (Å²) in [5.41, 5.74) is 6.35. The molecule has 1 atom stereocenters. The van der Waals surface area contributed by atoms with Gasteiger partial charge in [0, 0.05) is 19.1 Å². The van der Waals surface area contributed by atoms with Crippen LogP contribution >= 0.6 is 0 Å². The molecule has 2 heterocycles. The molecule has 0 spiro atoms. The van der Waals surface area contributed by atoms with Crippen molar-refractivity contribution < 1.29 is 4.42 Å². The molecule has 0 amide bonds. The second-order valence-electron chi connectivity index (χ2n) is 4.47. The summed E-state index contributed by atoms with van der Waals surface area (Å²) in [7, 11) is 0. The molecular formula is C11H19N3O. The maximum absolute atomic E-state index is 5.52. The summed E-state index contributed by atoms with van der Waals surface area (Å²) in [6.45, 7) is 5.99. The molecule has 15 heavy (non-hydrogen) atoms. The quantitative estimate of drug-likeness (QED) is 0.824. The number of nitrogens with two attached hydrogens (primary N) is 1. The van der Waals surface area contributed by atoms with E-state index in [0.29, 0.717) is 18.5 Å². The Kier molecular flexibility index (Phi) is 2.95. The van der Waals surface area contributed by atoms with Crippen LogP contribution in [0.15, 0.2) is 10.7 Å². The lowest BCUT2D eigenvalue weighted by Crippen LogP contribution is -2.33. The molecule has 4 heteroatoms. The Bertz CT molecular complexity index is 321. The predicted octanol–water partition coefficient (Wildman–Crippen LogP) is 1.76. The normalized spacial score (nSPS) is 21.6. The molecule has 0 aromatic carbocycles. The van der Waals surface area contributed by atoms with Gasteiger partial charge >= 0.3 is 0 Å². The van der Waals surface area contributed by atoms with Gasteiger partial charge in [0.2, 0.25) is 0 Å². The summed E-state index contributed by atoms with van der Waals surface area (Å²) < 4.78 is 5.45. The van der Waals surface area contributed by atoms with E-state index < -0.39 is 0 Å². The Morgan fingerprint density at radius 1 is 1.67 bits per heavy atom. The standard InChI is InChI=1S/C11H19N3O/c1-8(2)10-4-3-5-14(10)11-13-9(6-12)7-15-11/h7-8,10H,3-6,12H2,1-2H3. The van der Waals surface area contributed by atoms with E-state index in [1.807, 2.05) is 0 Å². The zero-order chi connectivity index (χ0) is 10.8. The van der Waals surface area contributed by atoms with E-state index in [9.17, 15) is 0 Å². The molecule has 0 saturated carbocycles. The highest BCUT2D eigenvalue weighted by atomic mass is 16.4. The molecule has 2 rings (SSSR count). The van der Waals surface area contributed by atoms with Gasteiger partial charge < -0.3 is 15.1 Å². The van der Waals surface area contributed by atoms with Crippen molar-refractivity contribution in [3.05, 3.63) is 12.0 Å². The van der Waals surface area contributed by atoms with Crippen LogP contribution in [0.2, 0.25) is 0 Å². The van der Waals surface area contributed by atoms with Gasteiger partial charge in [0.05, 0.1) is 5.69 Å². The Hall–Kier alpha value is -1.03. The SMILES string of the molecule is CC(C)C1CCCN1c1nc(CN)co1. The van der Waals surface area contributed by atoms with E-state index in [1.165, 1.54) is 12.8 Å². The van der Waals surface area contributed by atoms with E-state index in [-0.39, 0.29) is 0 Å². The molecule has 1 unspecified atom stereocenters. The Morgan fingerprint density at radius 2 is 2.47 bits per heavy atom. The second kappa shape index (κ2) is 4.23. The molecule has 0 radical (unpaired) electrons. The van der Waals surface area contributed by atoms with Gasteiger partial charge in [0.25, 0.3) is 6.01 Å². The summed E-state index contributed by atoms with van der Waals surface area (Å²) in [5.74, 6) is 0.640. The minimum Gasteiger partial charge on any atom is -0.432 e. The first-order chi connectivity index (χ1) is 7.22. The monoisotopic (exact) mass is 209 g/mol. The summed E-state index contributed by atoms with van der Waals surface area (Å²) in [6.07, 6.45) is 4.12. The molecule has 1 aliphatic heterocycles. The number of nitrogens with zero attached hydrogens (tertiary/aromatic N) is 2. The Labute approximate surface area is 90.5 Å². The average molecular weight is 209 g/mol. The van der Waals surface area contributed by atoms with Crippen molar-refractivity contribution in [2.75, 3.05) is 11.4 Å². The van der Waals surface area contributed by atoms with E-state index in [4.69, 9.17) is 10.2 Å². The van der Waals surface area contributed by atoms with E-state index >= 15 is 0 Å². The fourth-order valence-corrected chi connectivity index (χ4v) is 2.25. The molecule has 84 valence electrons. The van der Waals surface area contributed by atoms with E-state index in [1.54, 1.807) is 6.26 Å². The van der Waals surface area contributed by atoms with Crippen molar-refractivity contribution in [3.8, 4) is 0 Å². The van der Waals surface area contributed by atoms with Crippen molar-refractivity contribution in [2.45, 2.75) is 39.3 Å². The first-order valence-corrected chi connectivity index (χ1v) is 5.63. The Morgan fingerprint density at radius 3 is 3.07 bits per heavy atom. The lowest BCUT2D eigenvalue weighted by atomic mass is 10.0. The van der Waals surface area contributed by atoms with Crippen LogP contribution in [0.1, 0.15) is 32.4 Å². The fourth-order valence-electron chi connectivity index (χ4n) is 2.25.